The van der Waals surface area contributed by atoms with Gasteiger partial charge in [0.25, 0.3) is 0 Å². The van der Waals surface area contributed by atoms with Crippen LogP contribution in [0.2, 0.25) is 0 Å². The number of hydrogen-bond acceptors (Lipinski definition) is 2. The third kappa shape index (κ3) is 2.70. The van der Waals surface area contributed by atoms with E-state index in [4.69, 9.17) is 4.74 Å². The molecule has 1 aliphatic heterocycles. The van der Waals surface area contributed by atoms with Crippen LogP contribution in [-0.4, -0.2) is 25.6 Å². The van der Waals surface area contributed by atoms with Gasteiger partial charge < -0.3 is 9.64 Å². The average molecular weight is 267 g/mol. The summed E-state index contributed by atoms with van der Waals surface area (Å²) in [6.07, 6.45) is 9.87. The molecule has 0 fully saturated rings. The van der Waals surface area contributed by atoms with Crippen molar-refractivity contribution in [3.05, 3.63) is 71.0 Å². The smallest absolute Gasteiger partial charge is 0.115 e. The number of nitrogens with zero attached hydrogens (tertiary/aromatic N) is 1. The van der Waals surface area contributed by atoms with Gasteiger partial charge in [-0.1, -0.05) is 36.4 Å². The molecular formula is C18H21NO. The van der Waals surface area contributed by atoms with Crippen LogP contribution in [0.25, 0.3) is 0 Å². The molecular weight excluding hydrogens is 246 g/mol. The lowest BCUT2D eigenvalue weighted by atomic mass is 9.92. The van der Waals surface area contributed by atoms with E-state index in [0.29, 0.717) is 5.92 Å². The predicted octanol–water partition coefficient (Wildman–Crippen LogP) is 3.32. The monoisotopic (exact) mass is 267 g/mol. The quantitative estimate of drug-likeness (QED) is 0.774. The maximum atomic E-state index is 5.37. The third-order valence-corrected chi connectivity index (χ3v) is 4.09. The zero-order valence-corrected chi connectivity index (χ0v) is 12.2. The van der Waals surface area contributed by atoms with Crippen LogP contribution in [-0.2, 0) is 17.7 Å². The Labute approximate surface area is 121 Å². The van der Waals surface area contributed by atoms with Crippen LogP contribution in [0.4, 0.5) is 0 Å². The molecule has 2 aliphatic rings. The summed E-state index contributed by atoms with van der Waals surface area (Å²) < 4.78 is 5.37. The minimum Gasteiger partial charge on any atom is -0.497 e. The molecule has 0 aromatic heterocycles. The van der Waals surface area contributed by atoms with Crippen LogP contribution < -0.4 is 0 Å². The minimum atomic E-state index is 0.425. The molecule has 2 heteroatoms. The Morgan fingerprint density at radius 1 is 1.15 bits per heavy atom. The highest BCUT2D eigenvalue weighted by molar-refractivity contribution is 5.39. The Kier molecular flexibility index (Phi) is 3.75. The highest BCUT2D eigenvalue weighted by Crippen LogP contribution is 2.26. The summed E-state index contributed by atoms with van der Waals surface area (Å²) in [5.41, 5.74) is 4.27. The van der Waals surface area contributed by atoms with Crippen molar-refractivity contribution >= 4 is 0 Å². The molecule has 20 heavy (non-hydrogen) atoms. The van der Waals surface area contributed by atoms with Gasteiger partial charge in [0.15, 0.2) is 0 Å². The summed E-state index contributed by atoms with van der Waals surface area (Å²) >= 11 is 0. The second-order valence-electron chi connectivity index (χ2n) is 5.59. The first kappa shape index (κ1) is 13.2. The van der Waals surface area contributed by atoms with Crippen LogP contribution in [0.3, 0.4) is 0 Å². The van der Waals surface area contributed by atoms with Crippen molar-refractivity contribution in [2.45, 2.75) is 13.0 Å². The molecule has 0 radical (unpaired) electrons. The lowest BCUT2D eigenvalue weighted by Crippen LogP contribution is -2.26. The van der Waals surface area contributed by atoms with E-state index < -0.39 is 0 Å². The molecule has 3 rings (SSSR count). The molecule has 0 saturated heterocycles. The summed E-state index contributed by atoms with van der Waals surface area (Å²) in [4.78, 5) is 2.39. The van der Waals surface area contributed by atoms with Gasteiger partial charge in [-0.3, -0.25) is 0 Å². The second kappa shape index (κ2) is 5.68. The number of benzene rings is 1. The summed E-state index contributed by atoms with van der Waals surface area (Å²) in [5.74, 6) is 1.39. The molecule has 0 N–H and O–H groups in total. The first-order valence-electron chi connectivity index (χ1n) is 7.15. The number of allylic oxidation sites excluding steroid dienone is 3. The molecule has 1 atom stereocenters. The predicted molar refractivity (Wildman–Crippen MR) is 82.3 cm³/mol. The largest absolute Gasteiger partial charge is 0.497 e. The molecule has 104 valence electrons. The van der Waals surface area contributed by atoms with Crippen molar-refractivity contribution in [2.75, 3.05) is 20.7 Å². The van der Waals surface area contributed by atoms with Gasteiger partial charge in [0.05, 0.1) is 7.11 Å². The Balaban J connectivity index is 1.94. The third-order valence-electron chi connectivity index (χ3n) is 4.09. The maximum absolute atomic E-state index is 5.37. The van der Waals surface area contributed by atoms with E-state index in [1.807, 2.05) is 0 Å². The van der Waals surface area contributed by atoms with E-state index in [0.717, 1.165) is 25.3 Å². The molecule has 1 aromatic carbocycles. The topological polar surface area (TPSA) is 12.5 Å². The van der Waals surface area contributed by atoms with Crippen molar-refractivity contribution in [1.29, 1.82) is 0 Å². The standard InChI is InChI=1S/C18H21NO/c1-19-12-16-6-4-3-5-14(16)7-8-15-9-10-18(20-2)11-17(15)13-19/h3-6,8-11,17H,7,12-13H2,1-2H3/b15-8-. The number of hydrogen-bond donors (Lipinski definition) is 0. The molecule has 2 nitrogen and oxygen atoms in total. The first-order valence-corrected chi connectivity index (χ1v) is 7.15. The summed E-state index contributed by atoms with van der Waals surface area (Å²) in [6.45, 7) is 2.03. The van der Waals surface area contributed by atoms with E-state index in [2.05, 4.69) is 60.5 Å². The van der Waals surface area contributed by atoms with Crippen molar-refractivity contribution in [2.24, 2.45) is 5.92 Å². The van der Waals surface area contributed by atoms with Gasteiger partial charge in [0.1, 0.15) is 5.76 Å². The second-order valence-corrected chi connectivity index (χ2v) is 5.59. The van der Waals surface area contributed by atoms with Crippen LogP contribution >= 0.6 is 0 Å². The molecule has 0 bridgehead atoms. The fraction of sp³-hybridized carbons (Fsp3) is 0.333. The molecule has 0 amide bonds. The average Bonchev–Trinajstić information content (AvgIpc) is 2.53. The van der Waals surface area contributed by atoms with Crippen molar-refractivity contribution in [3.63, 3.8) is 0 Å². The molecule has 1 unspecified atom stereocenters. The van der Waals surface area contributed by atoms with Crippen LogP contribution in [0.15, 0.2) is 59.9 Å². The molecule has 1 aromatic rings. The van der Waals surface area contributed by atoms with Gasteiger partial charge in [0, 0.05) is 19.0 Å². The zero-order chi connectivity index (χ0) is 13.9. The summed E-state index contributed by atoms with van der Waals surface area (Å²) in [5, 5.41) is 0. The number of fused-ring (bicyclic) bond motifs is 2. The Hall–Kier alpha value is -1.80. The van der Waals surface area contributed by atoms with E-state index in [9.17, 15) is 0 Å². The van der Waals surface area contributed by atoms with Gasteiger partial charge in [0.2, 0.25) is 0 Å². The number of ether oxygens (including phenoxy) is 1. The van der Waals surface area contributed by atoms with E-state index in [1.54, 1.807) is 7.11 Å². The van der Waals surface area contributed by atoms with Gasteiger partial charge in [-0.05, 0) is 42.3 Å². The van der Waals surface area contributed by atoms with Crippen LogP contribution in [0.1, 0.15) is 11.1 Å². The molecule has 0 saturated carbocycles. The molecule has 1 heterocycles. The highest BCUT2D eigenvalue weighted by Gasteiger charge is 2.19. The van der Waals surface area contributed by atoms with Gasteiger partial charge in [-0.25, -0.2) is 0 Å². The number of rotatable bonds is 1. The van der Waals surface area contributed by atoms with E-state index >= 15 is 0 Å². The van der Waals surface area contributed by atoms with E-state index in [-0.39, 0.29) is 0 Å². The van der Waals surface area contributed by atoms with Gasteiger partial charge in [-0.2, -0.15) is 0 Å². The molecule has 1 aliphatic carbocycles. The SMILES string of the molecule is COC1=CC2CN(C)Cc3ccccc3C/C=C\2C=C1. The zero-order valence-electron chi connectivity index (χ0n) is 12.2. The number of methoxy groups -OCH3 is 1. The first-order chi connectivity index (χ1) is 9.76. The van der Waals surface area contributed by atoms with Crippen molar-refractivity contribution in [3.8, 4) is 0 Å². The van der Waals surface area contributed by atoms with Crippen LogP contribution in [0.5, 0.6) is 0 Å². The summed E-state index contributed by atoms with van der Waals surface area (Å²) in [7, 11) is 3.93. The van der Waals surface area contributed by atoms with Crippen molar-refractivity contribution < 1.29 is 4.74 Å². The Morgan fingerprint density at radius 2 is 1.95 bits per heavy atom. The lowest BCUT2D eigenvalue weighted by Gasteiger charge is -2.24. The highest BCUT2D eigenvalue weighted by atomic mass is 16.5. The lowest BCUT2D eigenvalue weighted by molar-refractivity contribution is 0.284. The summed E-state index contributed by atoms with van der Waals surface area (Å²) in [6, 6.07) is 8.75. The maximum Gasteiger partial charge on any atom is 0.115 e. The Bertz CT molecular complexity index is 583. The molecule has 0 spiro atoms. The van der Waals surface area contributed by atoms with Gasteiger partial charge in [-0.15, -0.1) is 0 Å². The Morgan fingerprint density at radius 3 is 2.75 bits per heavy atom. The van der Waals surface area contributed by atoms with Crippen molar-refractivity contribution in [1.82, 2.24) is 4.90 Å². The minimum absolute atomic E-state index is 0.425. The van der Waals surface area contributed by atoms with Gasteiger partial charge >= 0.3 is 0 Å². The van der Waals surface area contributed by atoms with E-state index in [1.165, 1.54) is 16.7 Å². The normalized spacial score (nSPS) is 25.2. The van der Waals surface area contributed by atoms with Crippen LogP contribution in [0, 0.1) is 5.92 Å². The fourth-order valence-corrected chi connectivity index (χ4v) is 3.00. The fourth-order valence-electron chi connectivity index (χ4n) is 3.00.